The number of hydrogen-bond acceptors (Lipinski definition) is 3. The summed E-state index contributed by atoms with van der Waals surface area (Å²) >= 11 is 0. The van der Waals surface area contributed by atoms with E-state index >= 15 is 0 Å². The second-order valence-electron chi connectivity index (χ2n) is 2.72. The van der Waals surface area contributed by atoms with Gasteiger partial charge in [-0.3, -0.25) is 10.7 Å². The predicted octanol–water partition coefficient (Wildman–Crippen LogP) is 0.660. The van der Waals surface area contributed by atoms with Gasteiger partial charge in [0, 0.05) is 18.4 Å². The van der Waals surface area contributed by atoms with Crippen LogP contribution in [-0.2, 0) is 0 Å². The van der Waals surface area contributed by atoms with Gasteiger partial charge in [-0.2, -0.15) is 0 Å². The third-order valence-corrected chi connectivity index (χ3v) is 1.47. The number of nitrogens with zero attached hydrogens (tertiary/aromatic N) is 2. The zero-order chi connectivity index (χ0) is 9.84. The van der Waals surface area contributed by atoms with E-state index in [1.165, 1.54) is 0 Å². The van der Waals surface area contributed by atoms with Crippen LogP contribution in [-0.4, -0.2) is 23.0 Å². The van der Waals surface area contributed by atoms with Gasteiger partial charge < -0.3 is 5.32 Å². The lowest BCUT2D eigenvalue weighted by Gasteiger charge is -2.06. The summed E-state index contributed by atoms with van der Waals surface area (Å²) in [6.07, 6.45) is 0. The molecular formula is C8H13N5. The zero-order valence-electron chi connectivity index (χ0n) is 7.97. The average Bonchev–Trinajstić information content (AvgIpc) is 2.02. The lowest BCUT2D eigenvalue weighted by Crippen LogP contribution is -2.26. The topological polar surface area (TPSA) is 73.7 Å². The first-order chi connectivity index (χ1) is 6.11. The first-order valence-electron chi connectivity index (χ1n) is 3.97. The molecule has 0 aliphatic rings. The van der Waals surface area contributed by atoms with E-state index in [9.17, 15) is 0 Å². The molecule has 0 radical (unpaired) electrons. The molecule has 0 aliphatic heterocycles. The van der Waals surface area contributed by atoms with Crippen LogP contribution in [0.3, 0.4) is 0 Å². The van der Waals surface area contributed by atoms with E-state index < -0.39 is 0 Å². The van der Waals surface area contributed by atoms with Crippen molar-refractivity contribution in [1.82, 2.24) is 15.3 Å². The highest BCUT2D eigenvalue weighted by Gasteiger charge is 1.99. The van der Waals surface area contributed by atoms with Crippen molar-refractivity contribution in [2.24, 2.45) is 0 Å². The lowest BCUT2D eigenvalue weighted by atomic mass is 10.4. The molecule has 1 aromatic heterocycles. The zero-order valence-corrected chi connectivity index (χ0v) is 7.97. The quantitative estimate of drug-likeness (QED) is 0.437. The summed E-state index contributed by atoms with van der Waals surface area (Å²) in [4.78, 5) is 8.24. The largest absolute Gasteiger partial charge is 0.359 e. The minimum absolute atomic E-state index is 0.185. The first-order valence-corrected chi connectivity index (χ1v) is 3.97. The molecule has 0 spiro atoms. The molecule has 5 heteroatoms. The Morgan fingerprint density at radius 1 is 1.31 bits per heavy atom. The Labute approximate surface area is 77.1 Å². The van der Waals surface area contributed by atoms with E-state index in [4.69, 9.17) is 5.41 Å². The van der Waals surface area contributed by atoms with Crippen LogP contribution >= 0.6 is 0 Å². The Kier molecular flexibility index (Phi) is 2.79. The van der Waals surface area contributed by atoms with Crippen LogP contribution in [0.5, 0.6) is 0 Å². The van der Waals surface area contributed by atoms with Crippen molar-refractivity contribution in [3.8, 4) is 0 Å². The highest BCUT2D eigenvalue weighted by Crippen LogP contribution is 2.02. The fraction of sp³-hybridized carbons (Fsp3) is 0.375. The smallest absolute Gasteiger partial charge is 0.229 e. The van der Waals surface area contributed by atoms with Crippen molar-refractivity contribution in [3.63, 3.8) is 0 Å². The van der Waals surface area contributed by atoms with E-state index in [2.05, 4.69) is 20.6 Å². The van der Waals surface area contributed by atoms with Crippen molar-refractivity contribution < 1.29 is 0 Å². The van der Waals surface area contributed by atoms with Gasteiger partial charge in [-0.1, -0.05) is 0 Å². The van der Waals surface area contributed by atoms with E-state index in [0.717, 1.165) is 11.4 Å². The minimum Gasteiger partial charge on any atom is -0.359 e. The molecule has 13 heavy (non-hydrogen) atoms. The molecule has 1 heterocycles. The molecule has 0 saturated heterocycles. The summed E-state index contributed by atoms with van der Waals surface area (Å²) in [5.41, 5.74) is 1.78. The Morgan fingerprint density at radius 3 is 2.31 bits per heavy atom. The molecule has 1 rings (SSSR count). The molecule has 0 unspecified atom stereocenters. The maximum atomic E-state index is 7.31. The summed E-state index contributed by atoms with van der Waals surface area (Å²) in [7, 11) is 1.66. The van der Waals surface area contributed by atoms with Crippen LogP contribution in [0.25, 0.3) is 0 Å². The van der Waals surface area contributed by atoms with Crippen LogP contribution in [0.4, 0.5) is 5.95 Å². The molecule has 3 N–H and O–H groups in total. The maximum Gasteiger partial charge on any atom is 0.229 e. The molecule has 70 valence electrons. The van der Waals surface area contributed by atoms with Crippen molar-refractivity contribution in [3.05, 3.63) is 17.5 Å². The minimum atomic E-state index is 0.185. The third-order valence-electron chi connectivity index (χ3n) is 1.47. The second-order valence-corrected chi connectivity index (χ2v) is 2.72. The second kappa shape index (κ2) is 3.84. The number of hydrogen-bond donors (Lipinski definition) is 3. The van der Waals surface area contributed by atoms with Gasteiger partial charge in [0.1, 0.15) is 0 Å². The normalized spacial score (nSPS) is 9.46. The Morgan fingerprint density at radius 2 is 1.85 bits per heavy atom. The highest BCUT2D eigenvalue weighted by molar-refractivity contribution is 5.89. The molecule has 0 fully saturated rings. The number of aromatic nitrogens is 2. The Bertz CT molecular complexity index is 300. The standard InChI is InChI=1S/C8H13N5/c1-5-4-6(2)12-8(11-5)13-7(9)10-3/h4H,1-3H3,(H3,9,10,11,12,13). The molecular weight excluding hydrogens is 166 g/mol. The van der Waals surface area contributed by atoms with Gasteiger partial charge in [-0.25, -0.2) is 9.97 Å². The van der Waals surface area contributed by atoms with E-state index in [0.29, 0.717) is 5.95 Å². The third kappa shape index (κ3) is 2.70. The van der Waals surface area contributed by atoms with Gasteiger partial charge in [-0.05, 0) is 19.9 Å². The summed E-state index contributed by atoms with van der Waals surface area (Å²) < 4.78 is 0. The number of rotatable bonds is 1. The van der Waals surface area contributed by atoms with Crippen LogP contribution in [0.1, 0.15) is 11.4 Å². The molecule has 0 amide bonds. The van der Waals surface area contributed by atoms with Crippen LogP contribution in [0.2, 0.25) is 0 Å². The molecule has 0 atom stereocenters. The number of nitrogens with one attached hydrogen (secondary N) is 3. The van der Waals surface area contributed by atoms with E-state index in [-0.39, 0.29) is 5.96 Å². The molecule has 0 aromatic carbocycles. The van der Waals surface area contributed by atoms with Gasteiger partial charge >= 0.3 is 0 Å². The summed E-state index contributed by atoms with van der Waals surface area (Å²) in [6.45, 7) is 3.78. The summed E-state index contributed by atoms with van der Waals surface area (Å²) in [6, 6.07) is 1.88. The predicted molar refractivity (Wildman–Crippen MR) is 51.9 cm³/mol. The maximum absolute atomic E-state index is 7.31. The molecule has 0 bridgehead atoms. The van der Waals surface area contributed by atoms with E-state index in [1.54, 1.807) is 7.05 Å². The lowest BCUT2D eigenvalue weighted by molar-refractivity contribution is 1.04. The Balaban J connectivity index is 2.83. The fourth-order valence-electron chi connectivity index (χ4n) is 0.956. The monoisotopic (exact) mass is 179 g/mol. The SMILES string of the molecule is CNC(=N)Nc1nc(C)cc(C)n1. The average molecular weight is 179 g/mol. The van der Waals surface area contributed by atoms with E-state index in [1.807, 2.05) is 19.9 Å². The molecule has 5 nitrogen and oxygen atoms in total. The Hall–Kier alpha value is -1.65. The van der Waals surface area contributed by atoms with Crippen molar-refractivity contribution >= 4 is 11.9 Å². The van der Waals surface area contributed by atoms with Gasteiger partial charge in [0.2, 0.25) is 5.95 Å². The van der Waals surface area contributed by atoms with Crippen LogP contribution in [0.15, 0.2) is 6.07 Å². The number of aryl methyl sites for hydroxylation is 2. The van der Waals surface area contributed by atoms with Crippen LogP contribution in [0, 0.1) is 19.3 Å². The summed E-state index contributed by atoms with van der Waals surface area (Å²) in [5.74, 6) is 0.641. The first kappa shape index (κ1) is 9.44. The van der Waals surface area contributed by atoms with Gasteiger partial charge in [0.15, 0.2) is 5.96 Å². The number of anilines is 1. The van der Waals surface area contributed by atoms with Gasteiger partial charge in [0.25, 0.3) is 0 Å². The summed E-state index contributed by atoms with van der Waals surface area (Å²) in [5, 5.41) is 12.7. The van der Waals surface area contributed by atoms with Gasteiger partial charge in [0.05, 0.1) is 0 Å². The fourth-order valence-corrected chi connectivity index (χ4v) is 0.956. The van der Waals surface area contributed by atoms with Gasteiger partial charge in [-0.15, -0.1) is 0 Å². The van der Waals surface area contributed by atoms with Crippen molar-refractivity contribution in [2.75, 3.05) is 12.4 Å². The van der Waals surface area contributed by atoms with Crippen molar-refractivity contribution in [2.45, 2.75) is 13.8 Å². The molecule has 0 saturated carbocycles. The number of guanidine groups is 1. The highest BCUT2D eigenvalue weighted by atomic mass is 15.2. The molecule has 0 aliphatic carbocycles. The molecule has 1 aromatic rings. The van der Waals surface area contributed by atoms with Crippen LogP contribution < -0.4 is 10.6 Å². The van der Waals surface area contributed by atoms with Crippen molar-refractivity contribution in [1.29, 1.82) is 5.41 Å².